The van der Waals surface area contributed by atoms with E-state index in [-0.39, 0.29) is 16.5 Å². The molecule has 2 aliphatic rings. The minimum Gasteiger partial charge on any atom is -0.299 e. The lowest BCUT2D eigenvalue weighted by molar-refractivity contribution is 0.203. The van der Waals surface area contributed by atoms with Gasteiger partial charge in [0.05, 0.1) is 10.9 Å². The number of benzene rings is 3. The molecule has 0 radical (unpaired) electrons. The Kier molecular flexibility index (Phi) is 7.50. The molecule has 5 rings (SSSR count). The molecule has 3 aromatic carbocycles. The van der Waals surface area contributed by atoms with Crippen molar-refractivity contribution in [2.45, 2.75) is 25.4 Å². The Morgan fingerprint density at radius 1 is 0.892 bits per heavy atom. The molecule has 8 heteroatoms. The smallest absolute Gasteiger partial charge is 0.176 e. The van der Waals surface area contributed by atoms with Crippen LogP contribution in [0.15, 0.2) is 72.3 Å². The number of nitrogens with zero attached hydrogens (tertiary/aromatic N) is 2. The van der Waals surface area contributed by atoms with Gasteiger partial charge in [-0.2, -0.15) is 0 Å². The molecule has 0 amide bonds. The zero-order valence-corrected chi connectivity index (χ0v) is 22.2. The van der Waals surface area contributed by atoms with Crippen LogP contribution >= 0.6 is 11.6 Å². The molecular weight excluding hydrogens is 514 g/mol. The number of halogens is 3. The second-order valence-electron chi connectivity index (χ2n) is 9.95. The van der Waals surface area contributed by atoms with Crippen LogP contribution in [-0.2, 0) is 16.4 Å². The summed E-state index contributed by atoms with van der Waals surface area (Å²) in [4.78, 5) is 4.62. The molecule has 0 spiro atoms. The van der Waals surface area contributed by atoms with Crippen LogP contribution in [0.3, 0.4) is 0 Å². The van der Waals surface area contributed by atoms with Gasteiger partial charge in [0.15, 0.2) is 9.84 Å². The van der Waals surface area contributed by atoms with Crippen molar-refractivity contribution in [2.24, 2.45) is 0 Å². The summed E-state index contributed by atoms with van der Waals surface area (Å²) >= 11 is 6.15. The summed E-state index contributed by atoms with van der Waals surface area (Å²) in [7, 11) is -3.72. The summed E-state index contributed by atoms with van der Waals surface area (Å²) < 4.78 is 53.2. The fraction of sp³-hybridized carbons (Fsp3) is 0.310. The Morgan fingerprint density at radius 3 is 1.97 bits per heavy atom. The van der Waals surface area contributed by atoms with E-state index in [0.717, 1.165) is 55.2 Å². The van der Waals surface area contributed by atoms with Gasteiger partial charge in [0, 0.05) is 37.0 Å². The second-order valence-corrected chi connectivity index (χ2v) is 12.3. The molecule has 3 aromatic rings. The molecule has 2 fully saturated rings. The maximum absolute atomic E-state index is 13.9. The van der Waals surface area contributed by atoms with Crippen molar-refractivity contribution in [3.63, 3.8) is 0 Å². The molecule has 0 aromatic heterocycles. The van der Waals surface area contributed by atoms with E-state index in [1.807, 2.05) is 24.3 Å². The van der Waals surface area contributed by atoms with Crippen molar-refractivity contribution < 1.29 is 17.2 Å². The van der Waals surface area contributed by atoms with Crippen LogP contribution in [0.5, 0.6) is 0 Å². The third-order valence-corrected chi connectivity index (χ3v) is 8.57. The van der Waals surface area contributed by atoms with E-state index in [4.69, 9.17) is 11.6 Å². The SMILES string of the molecule is CS(=O)(=O)C(=C1CN([C@@H](c2ccc(Cl)cc2)c2ccc(CN3CCCC3)cc2)C1)c1cc(F)cc(F)c1. The van der Waals surface area contributed by atoms with E-state index >= 15 is 0 Å². The van der Waals surface area contributed by atoms with Gasteiger partial charge < -0.3 is 0 Å². The van der Waals surface area contributed by atoms with E-state index < -0.39 is 21.5 Å². The van der Waals surface area contributed by atoms with E-state index in [1.165, 1.54) is 18.4 Å². The second kappa shape index (κ2) is 10.7. The molecule has 1 atom stereocenters. The molecule has 2 aliphatic heterocycles. The van der Waals surface area contributed by atoms with Gasteiger partial charge in [-0.25, -0.2) is 17.2 Å². The average molecular weight is 543 g/mol. The van der Waals surface area contributed by atoms with Gasteiger partial charge >= 0.3 is 0 Å². The number of likely N-dealkylation sites (tertiary alicyclic amines) is 2. The van der Waals surface area contributed by atoms with Crippen molar-refractivity contribution >= 4 is 26.3 Å². The first kappa shape index (κ1) is 26.0. The quantitative estimate of drug-likeness (QED) is 0.363. The third kappa shape index (κ3) is 5.96. The van der Waals surface area contributed by atoms with Crippen LogP contribution in [0, 0.1) is 11.6 Å². The fourth-order valence-electron chi connectivity index (χ4n) is 5.40. The van der Waals surface area contributed by atoms with Gasteiger partial charge in [-0.1, -0.05) is 48.0 Å². The first-order valence-corrected chi connectivity index (χ1v) is 14.6. The molecular formula is C29H29ClF2N2O2S. The molecule has 4 nitrogen and oxygen atoms in total. The molecule has 2 saturated heterocycles. The van der Waals surface area contributed by atoms with Gasteiger partial charge in [-0.15, -0.1) is 0 Å². The highest BCUT2D eigenvalue weighted by atomic mass is 35.5. The van der Waals surface area contributed by atoms with Gasteiger partial charge in [0.1, 0.15) is 11.6 Å². The Bertz CT molecular complexity index is 1390. The zero-order chi connectivity index (χ0) is 26.2. The van der Waals surface area contributed by atoms with Gasteiger partial charge in [0.2, 0.25) is 0 Å². The lowest BCUT2D eigenvalue weighted by Gasteiger charge is -2.42. The molecule has 0 unspecified atom stereocenters. The van der Waals surface area contributed by atoms with Crippen molar-refractivity contribution in [1.82, 2.24) is 9.80 Å². The van der Waals surface area contributed by atoms with E-state index in [9.17, 15) is 17.2 Å². The minimum atomic E-state index is -3.72. The van der Waals surface area contributed by atoms with Crippen molar-refractivity contribution in [1.29, 1.82) is 0 Å². The van der Waals surface area contributed by atoms with Crippen LogP contribution in [0.1, 0.15) is 41.1 Å². The first-order chi connectivity index (χ1) is 17.7. The van der Waals surface area contributed by atoms with Gasteiger partial charge in [0.25, 0.3) is 0 Å². The summed E-state index contributed by atoms with van der Waals surface area (Å²) in [6.45, 7) is 3.93. The molecule has 0 aliphatic carbocycles. The van der Waals surface area contributed by atoms with Crippen LogP contribution in [0.25, 0.3) is 4.91 Å². The highest BCUT2D eigenvalue weighted by Crippen LogP contribution is 2.39. The zero-order valence-electron chi connectivity index (χ0n) is 20.6. The first-order valence-electron chi connectivity index (χ1n) is 12.4. The summed E-state index contributed by atoms with van der Waals surface area (Å²) in [5.74, 6) is -1.61. The number of sulfone groups is 1. The summed E-state index contributed by atoms with van der Waals surface area (Å²) in [5.41, 5.74) is 4.07. The van der Waals surface area contributed by atoms with Crippen LogP contribution in [-0.4, -0.2) is 50.7 Å². The van der Waals surface area contributed by atoms with Gasteiger partial charge in [-0.3, -0.25) is 9.80 Å². The Labute approximate surface area is 222 Å². The van der Waals surface area contributed by atoms with Crippen LogP contribution in [0.4, 0.5) is 8.78 Å². The summed E-state index contributed by atoms with van der Waals surface area (Å²) in [5, 5.41) is 0.639. The summed E-state index contributed by atoms with van der Waals surface area (Å²) in [6.07, 6.45) is 3.58. The van der Waals surface area contributed by atoms with Crippen LogP contribution in [0.2, 0.25) is 5.02 Å². The molecule has 2 heterocycles. The highest BCUT2D eigenvalue weighted by molar-refractivity contribution is 8.00. The predicted molar refractivity (Wildman–Crippen MR) is 144 cm³/mol. The number of hydrogen-bond donors (Lipinski definition) is 0. The topological polar surface area (TPSA) is 40.6 Å². The predicted octanol–water partition coefficient (Wildman–Crippen LogP) is 6.07. The van der Waals surface area contributed by atoms with E-state index in [1.54, 1.807) is 0 Å². The third-order valence-electron chi connectivity index (χ3n) is 7.06. The Morgan fingerprint density at radius 2 is 1.43 bits per heavy atom. The number of rotatable bonds is 7. The summed E-state index contributed by atoms with van der Waals surface area (Å²) in [6, 6.07) is 19.0. The van der Waals surface area contributed by atoms with Gasteiger partial charge in [-0.05, 0) is 78.0 Å². The maximum atomic E-state index is 13.9. The maximum Gasteiger partial charge on any atom is 0.176 e. The fourth-order valence-corrected chi connectivity index (χ4v) is 6.72. The molecule has 0 N–H and O–H groups in total. The van der Waals surface area contributed by atoms with E-state index in [0.29, 0.717) is 23.7 Å². The normalized spacial score (nSPS) is 17.6. The van der Waals surface area contributed by atoms with Crippen molar-refractivity contribution in [3.05, 3.63) is 111 Å². The monoisotopic (exact) mass is 542 g/mol. The minimum absolute atomic E-state index is 0.00188. The average Bonchev–Trinajstić information content (AvgIpc) is 3.31. The Balaban J connectivity index is 1.46. The van der Waals surface area contributed by atoms with Crippen LogP contribution < -0.4 is 0 Å². The van der Waals surface area contributed by atoms with Crippen molar-refractivity contribution in [2.75, 3.05) is 32.4 Å². The standard InChI is InChI=1S/C29H29ClF2N2O2S/c1-37(35,36)29(23-14-26(31)16-27(32)15-23)24-18-34(19-24)28(22-8-10-25(30)11-9-22)21-6-4-20(5-7-21)17-33-12-2-3-13-33/h4-11,14-16,28H,2-3,12-13,17-19H2,1H3/t28-/m1/s1. The molecule has 194 valence electrons. The lowest BCUT2D eigenvalue weighted by Crippen LogP contribution is -2.44. The lowest BCUT2D eigenvalue weighted by atomic mass is 9.91. The highest BCUT2D eigenvalue weighted by Gasteiger charge is 2.35. The van der Waals surface area contributed by atoms with E-state index in [2.05, 4.69) is 34.1 Å². The van der Waals surface area contributed by atoms with Crippen molar-refractivity contribution in [3.8, 4) is 0 Å². The molecule has 37 heavy (non-hydrogen) atoms. The molecule has 0 bridgehead atoms. The Hall–Kier alpha value is -2.58. The number of hydrogen-bond acceptors (Lipinski definition) is 4. The largest absolute Gasteiger partial charge is 0.299 e. The molecule has 0 saturated carbocycles.